The normalized spacial score (nSPS) is 33.1. The van der Waals surface area contributed by atoms with Crippen molar-refractivity contribution in [1.29, 1.82) is 0 Å². The summed E-state index contributed by atoms with van der Waals surface area (Å²) in [5, 5.41) is 36.8. The monoisotopic (exact) mass is 1030 g/mol. The van der Waals surface area contributed by atoms with Gasteiger partial charge in [0.05, 0.1) is 42.8 Å². The Morgan fingerprint density at radius 2 is 1.83 bits per heavy atom. The van der Waals surface area contributed by atoms with Crippen molar-refractivity contribution < 1.29 is 62.3 Å². The molecule has 13 atom stereocenters. The highest BCUT2D eigenvalue weighted by Gasteiger charge is 2.56. The van der Waals surface area contributed by atoms with Crippen LogP contribution in [0.1, 0.15) is 113 Å². The van der Waals surface area contributed by atoms with Crippen LogP contribution in [0.2, 0.25) is 0 Å². The Hall–Kier alpha value is -4.36. The number of thiazole rings is 1. The number of ether oxygens (including phenoxy) is 5. The molecule has 5 rings (SSSR count). The number of pyridine rings is 1. The van der Waals surface area contributed by atoms with Crippen LogP contribution in [0.3, 0.4) is 0 Å². The van der Waals surface area contributed by atoms with Crippen molar-refractivity contribution in [3.05, 3.63) is 40.7 Å². The van der Waals surface area contributed by atoms with E-state index in [-0.39, 0.29) is 56.6 Å². The maximum absolute atomic E-state index is 17.0. The summed E-state index contributed by atoms with van der Waals surface area (Å²) in [6.07, 6.45) is -3.04. The van der Waals surface area contributed by atoms with Gasteiger partial charge in [0.25, 0.3) is 5.67 Å². The van der Waals surface area contributed by atoms with Gasteiger partial charge in [0.1, 0.15) is 40.5 Å². The van der Waals surface area contributed by atoms with Gasteiger partial charge in [-0.3, -0.25) is 19.4 Å². The van der Waals surface area contributed by atoms with Crippen LogP contribution < -0.4 is 22.1 Å². The molecule has 0 radical (unpaired) electrons. The smallest absolute Gasteiger partial charge is 0.351 e. The number of aromatic nitrogens is 2. The SMILES string of the molecule is CCC(=O)NC1=C(C)[C@H]2OCC(=NOCc3ccc(-c4nc(NC(=O)[C@@H](N)CCCCN)cs4)cn3)CO[C@](C)(C[C@H]1C)[C@H](O[C@@H]1O[C@H](C)C[C@H](N(C)C)[C@H]1O)[C@@H](C)C(=O)[C@](C)(F)C(=O)O[C@H](CC)[C@@]2(C)O. The number of hydrogen-bond acceptors (Lipinski definition) is 19. The summed E-state index contributed by atoms with van der Waals surface area (Å²) in [6, 6.07) is 2.42. The zero-order chi connectivity index (χ0) is 53.3. The molecule has 3 aliphatic rings. The van der Waals surface area contributed by atoms with Crippen LogP contribution in [0.25, 0.3) is 10.6 Å². The highest BCUT2D eigenvalue weighted by atomic mass is 32.1. The number of aliphatic hydroxyl groups excluding tert-OH is 1. The molecule has 0 spiro atoms. The fourth-order valence-corrected chi connectivity index (χ4v) is 10.4. The first-order valence-electron chi connectivity index (χ1n) is 24.8. The number of rotatable bonds is 16. The Kier molecular flexibility index (Phi) is 20.5. The van der Waals surface area contributed by atoms with Gasteiger partial charge >= 0.3 is 5.97 Å². The number of halogens is 1. The number of cyclic esters (lactones) is 1. The Bertz CT molecular complexity index is 2240. The number of Topliss-reactive ketones (excluding diaryl/α,β-unsaturated/α-hetero) is 1. The number of hydrogen-bond donors (Lipinski definition) is 6. The first-order chi connectivity index (χ1) is 33.9. The van der Waals surface area contributed by atoms with Gasteiger partial charge in [-0.1, -0.05) is 39.3 Å². The minimum absolute atomic E-state index is 0.0128. The molecule has 72 heavy (non-hydrogen) atoms. The number of nitrogens with one attached hydrogen (secondary N) is 2. The Labute approximate surface area is 426 Å². The van der Waals surface area contributed by atoms with E-state index in [2.05, 4.69) is 25.8 Å². The average Bonchev–Trinajstić information content (AvgIpc) is 3.80. The molecule has 402 valence electrons. The third-order valence-corrected chi connectivity index (χ3v) is 14.7. The topological polar surface area (TPSA) is 282 Å². The highest BCUT2D eigenvalue weighted by molar-refractivity contribution is 7.13. The lowest BCUT2D eigenvalue weighted by atomic mass is 9.76. The fourth-order valence-electron chi connectivity index (χ4n) is 9.64. The first kappa shape index (κ1) is 58.5. The van der Waals surface area contributed by atoms with Gasteiger partial charge < -0.3 is 65.7 Å². The molecule has 5 heterocycles. The molecule has 2 bridgehead atoms. The summed E-state index contributed by atoms with van der Waals surface area (Å²) in [5.41, 5.74) is 6.71. The summed E-state index contributed by atoms with van der Waals surface area (Å²) >= 11 is 1.32. The van der Waals surface area contributed by atoms with Crippen molar-refractivity contribution in [3.8, 4) is 10.6 Å². The van der Waals surface area contributed by atoms with Crippen LogP contribution in [0.5, 0.6) is 0 Å². The third-order valence-electron chi connectivity index (χ3n) is 13.8. The predicted molar refractivity (Wildman–Crippen MR) is 268 cm³/mol. The second kappa shape index (κ2) is 25.2. The van der Waals surface area contributed by atoms with Crippen molar-refractivity contribution in [1.82, 2.24) is 20.2 Å². The number of nitrogens with two attached hydrogens (primary N) is 2. The molecule has 20 nitrogen and oxygen atoms in total. The summed E-state index contributed by atoms with van der Waals surface area (Å²) in [5.74, 6) is -5.14. The van der Waals surface area contributed by atoms with Crippen LogP contribution in [0, 0.1) is 11.8 Å². The number of amides is 2. The number of likely N-dealkylation sites (N-methyl/N-ethyl adjacent to an activating group) is 1. The van der Waals surface area contributed by atoms with E-state index in [4.69, 9.17) is 40.0 Å². The lowest BCUT2D eigenvalue weighted by Gasteiger charge is -2.47. The summed E-state index contributed by atoms with van der Waals surface area (Å²) in [4.78, 5) is 71.3. The van der Waals surface area contributed by atoms with Gasteiger partial charge in [0, 0.05) is 41.2 Å². The molecular formula is C50H77FN8O12S. The molecule has 2 amide bonds. The van der Waals surface area contributed by atoms with Crippen LogP contribution >= 0.6 is 11.3 Å². The Morgan fingerprint density at radius 3 is 2.47 bits per heavy atom. The van der Waals surface area contributed by atoms with E-state index in [0.717, 1.165) is 19.8 Å². The van der Waals surface area contributed by atoms with Crippen LogP contribution in [-0.2, 0) is 54.3 Å². The average molecular weight is 1030 g/mol. The van der Waals surface area contributed by atoms with E-state index in [1.54, 1.807) is 51.4 Å². The number of oxime groups is 1. The minimum atomic E-state index is -3.25. The molecule has 0 aromatic carbocycles. The van der Waals surface area contributed by atoms with Gasteiger partial charge in [-0.2, -0.15) is 0 Å². The number of aliphatic hydroxyl groups is 2. The van der Waals surface area contributed by atoms with Crippen LogP contribution in [0.15, 0.2) is 40.1 Å². The number of nitrogens with zero attached hydrogens (tertiary/aromatic N) is 4. The largest absolute Gasteiger partial charge is 0.457 e. The number of allylic oxidation sites excluding steroid dienone is 1. The molecule has 2 aromatic rings. The molecule has 1 fully saturated rings. The summed E-state index contributed by atoms with van der Waals surface area (Å²) < 4.78 is 49.1. The Balaban J connectivity index is 1.55. The third kappa shape index (κ3) is 14.1. The van der Waals surface area contributed by atoms with Crippen molar-refractivity contribution in [3.63, 3.8) is 0 Å². The maximum Gasteiger partial charge on any atom is 0.351 e. The number of esters is 1. The molecule has 1 saturated heterocycles. The number of unbranched alkanes of at least 4 members (excludes halogenated alkanes) is 1. The van der Waals surface area contributed by atoms with E-state index >= 15 is 4.39 Å². The molecule has 0 aliphatic carbocycles. The second-order valence-corrected chi connectivity index (χ2v) is 21.0. The zero-order valence-electron chi connectivity index (χ0n) is 43.6. The maximum atomic E-state index is 17.0. The van der Waals surface area contributed by atoms with E-state index < -0.39 is 89.4 Å². The quantitative estimate of drug-likeness (QED) is 0.0592. The van der Waals surface area contributed by atoms with Crippen molar-refractivity contribution in [2.75, 3.05) is 39.2 Å². The van der Waals surface area contributed by atoms with Gasteiger partial charge in [0.2, 0.25) is 11.8 Å². The Morgan fingerprint density at radius 1 is 1.11 bits per heavy atom. The molecule has 2 aromatic heterocycles. The lowest BCUT2D eigenvalue weighted by Crippen LogP contribution is -2.61. The summed E-state index contributed by atoms with van der Waals surface area (Å²) in [6.45, 7) is 13.7. The standard InChI is InChI=1S/C50H77FN8O12S/c1-12-36-50(9,65)43-29(5)39(57-38(60)13-2)27(3)21-48(7,42(30(6)41(62)49(8,51)47(64)70-36)71-46-40(61)35(59(10)11)20-28(4)69-46)67-24-33(23-66-43)58-68-25-32-18-17-31(22-54-32)45-56-37(26-72-45)55-44(63)34(53)16-14-15-19-52/h17-18,22,26-28,30,34-36,40,42-43,46,61,65H,12-16,19-21,23-25,52-53H2,1-11H3,(H,55,63)(H,57,60)/t27-,28-,30+,34+,35+,36-,40-,42-,43-,46+,48-,49+,50-/m1/s1. The van der Waals surface area contributed by atoms with E-state index in [9.17, 15) is 29.4 Å². The summed E-state index contributed by atoms with van der Waals surface area (Å²) in [7, 11) is 3.62. The molecule has 22 heteroatoms. The predicted octanol–water partition coefficient (Wildman–Crippen LogP) is 4.30. The van der Waals surface area contributed by atoms with Gasteiger partial charge in [-0.25, -0.2) is 14.2 Å². The molecular weight excluding hydrogens is 956 g/mol. The first-order valence-corrected chi connectivity index (χ1v) is 25.7. The number of carbonyl (C=O) groups excluding carboxylic acids is 4. The van der Waals surface area contributed by atoms with Gasteiger partial charge in [-0.05, 0) is 111 Å². The molecule has 0 saturated carbocycles. The van der Waals surface area contributed by atoms with E-state index in [0.29, 0.717) is 52.7 Å². The second-order valence-electron chi connectivity index (χ2n) is 20.1. The number of ketones is 1. The van der Waals surface area contributed by atoms with Gasteiger partial charge in [-0.15, -0.1) is 11.3 Å². The fraction of sp³-hybridized carbons (Fsp3) is 0.700. The van der Waals surface area contributed by atoms with Crippen LogP contribution in [0.4, 0.5) is 10.2 Å². The molecule has 3 aliphatic heterocycles. The van der Waals surface area contributed by atoms with Crippen molar-refractivity contribution >= 4 is 46.4 Å². The highest BCUT2D eigenvalue weighted by Crippen LogP contribution is 2.41. The minimum Gasteiger partial charge on any atom is -0.457 e. The molecule has 8 N–H and O–H groups in total. The lowest BCUT2D eigenvalue weighted by molar-refractivity contribution is -0.296. The number of alkyl halides is 1. The van der Waals surface area contributed by atoms with E-state index in [1.807, 2.05) is 32.8 Å². The van der Waals surface area contributed by atoms with Crippen LogP contribution in [-0.4, -0.2) is 154 Å². The zero-order valence-corrected chi connectivity index (χ0v) is 44.4. The van der Waals surface area contributed by atoms with E-state index in [1.165, 1.54) is 25.2 Å². The number of carbonyl (C=O) groups is 4. The number of fused-ring (bicyclic) bond motifs is 4. The number of anilines is 1. The van der Waals surface area contributed by atoms with Crippen molar-refractivity contribution in [2.45, 2.75) is 180 Å². The van der Waals surface area contributed by atoms with Gasteiger partial charge in [0.15, 0.2) is 18.7 Å². The molecule has 0 unspecified atom stereocenters. The van der Waals surface area contributed by atoms with Crippen molar-refractivity contribution in [2.24, 2.45) is 28.5 Å².